The van der Waals surface area contributed by atoms with Gasteiger partial charge in [0.2, 0.25) is 5.91 Å². The summed E-state index contributed by atoms with van der Waals surface area (Å²) < 4.78 is 0. The van der Waals surface area contributed by atoms with Crippen molar-refractivity contribution in [3.63, 3.8) is 0 Å². The number of benzene rings is 2. The standard InChI is InChI=1S/C26H28N4O2/c1-17-7-9-20(10-8-17)21-12-22(14-24(13-21)30-11-5-4-6-25(30)31)26(32)29-18(2)23-15-27-19(3)28-16-23/h7-10,12-16,18H,4-6,11H2,1-3H3,(H,29,32)/t18-/m1/s1. The molecule has 1 aromatic heterocycles. The molecular weight excluding hydrogens is 400 g/mol. The minimum atomic E-state index is -0.244. The molecule has 0 unspecified atom stereocenters. The second-order valence-corrected chi connectivity index (χ2v) is 8.40. The molecule has 0 spiro atoms. The van der Waals surface area contributed by atoms with E-state index in [0.29, 0.717) is 24.4 Å². The van der Waals surface area contributed by atoms with Crippen LogP contribution in [0.5, 0.6) is 0 Å². The molecule has 1 saturated heterocycles. The molecular formula is C26H28N4O2. The zero-order valence-corrected chi connectivity index (χ0v) is 18.8. The van der Waals surface area contributed by atoms with Crippen LogP contribution in [0.2, 0.25) is 0 Å². The Hall–Kier alpha value is -3.54. The Labute approximate surface area is 188 Å². The van der Waals surface area contributed by atoms with Gasteiger partial charge in [-0.25, -0.2) is 9.97 Å². The van der Waals surface area contributed by atoms with Crippen molar-refractivity contribution in [3.05, 3.63) is 77.4 Å². The molecule has 6 nitrogen and oxygen atoms in total. The third kappa shape index (κ3) is 4.85. The second kappa shape index (κ2) is 9.30. The summed E-state index contributed by atoms with van der Waals surface area (Å²) in [5.41, 5.74) is 5.22. The van der Waals surface area contributed by atoms with Gasteiger partial charge >= 0.3 is 0 Å². The monoisotopic (exact) mass is 428 g/mol. The topological polar surface area (TPSA) is 75.2 Å². The van der Waals surface area contributed by atoms with Crippen LogP contribution >= 0.6 is 0 Å². The second-order valence-electron chi connectivity index (χ2n) is 8.40. The van der Waals surface area contributed by atoms with Gasteiger partial charge in [0.15, 0.2) is 0 Å². The Morgan fingerprint density at radius 1 is 1.00 bits per heavy atom. The molecule has 3 aromatic rings. The Kier molecular flexibility index (Phi) is 6.30. The number of aryl methyl sites for hydroxylation is 2. The summed E-state index contributed by atoms with van der Waals surface area (Å²) in [5.74, 6) is 0.598. The van der Waals surface area contributed by atoms with E-state index in [1.54, 1.807) is 17.3 Å². The summed E-state index contributed by atoms with van der Waals surface area (Å²) in [6.45, 7) is 6.45. The Bertz CT molecular complexity index is 1120. The summed E-state index contributed by atoms with van der Waals surface area (Å²) in [4.78, 5) is 36.0. The highest BCUT2D eigenvalue weighted by Gasteiger charge is 2.22. The number of amides is 2. The van der Waals surface area contributed by atoms with E-state index in [1.807, 2.05) is 63.2 Å². The molecule has 164 valence electrons. The average Bonchev–Trinajstić information content (AvgIpc) is 2.80. The SMILES string of the molecule is Cc1ccc(-c2cc(C(=O)N[C@H](C)c3cnc(C)nc3)cc(N3CCCCC3=O)c2)cc1. The van der Waals surface area contributed by atoms with Crippen LogP contribution in [0.4, 0.5) is 5.69 Å². The molecule has 0 saturated carbocycles. The minimum absolute atomic E-state index is 0.105. The predicted octanol–water partition coefficient (Wildman–Crippen LogP) is 4.77. The zero-order valence-electron chi connectivity index (χ0n) is 18.8. The predicted molar refractivity (Wildman–Crippen MR) is 125 cm³/mol. The van der Waals surface area contributed by atoms with E-state index in [0.717, 1.165) is 35.2 Å². The highest BCUT2D eigenvalue weighted by Crippen LogP contribution is 2.30. The third-order valence-electron chi connectivity index (χ3n) is 5.85. The number of hydrogen-bond donors (Lipinski definition) is 1. The van der Waals surface area contributed by atoms with E-state index in [4.69, 9.17) is 0 Å². The van der Waals surface area contributed by atoms with Gasteiger partial charge in [-0.2, -0.15) is 0 Å². The van der Waals surface area contributed by atoms with Crippen LogP contribution in [0.1, 0.15) is 59.5 Å². The first-order valence-electron chi connectivity index (χ1n) is 11.0. The van der Waals surface area contributed by atoms with Crippen LogP contribution in [0.3, 0.4) is 0 Å². The number of nitrogens with zero attached hydrogens (tertiary/aromatic N) is 3. The van der Waals surface area contributed by atoms with Crippen molar-refractivity contribution >= 4 is 17.5 Å². The van der Waals surface area contributed by atoms with E-state index < -0.39 is 0 Å². The fourth-order valence-corrected chi connectivity index (χ4v) is 3.88. The Morgan fingerprint density at radius 3 is 2.41 bits per heavy atom. The van der Waals surface area contributed by atoms with Gasteiger partial charge in [-0.3, -0.25) is 9.59 Å². The lowest BCUT2D eigenvalue weighted by molar-refractivity contribution is -0.119. The lowest BCUT2D eigenvalue weighted by atomic mass is 9.99. The quantitative estimate of drug-likeness (QED) is 0.635. The fraction of sp³-hybridized carbons (Fsp3) is 0.308. The maximum absolute atomic E-state index is 13.2. The first-order valence-corrected chi connectivity index (χ1v) is 11.0. The van der Waals surface area contributed by atoms with Crippen molar-refractivity contribution < 1.29 is 9.59 Å². The zero-order chi connectivity index (χ0) is 22.7. The molecule has 0 aliphatic carbocycles. The molecule has 4 rings (SSSR count). The fourth-order valence-electron chi connectivity index (χ4n) is 3.88. The largest absolute Gasteiger partial charge is 0.345 e. The van der Waals surface area contributed by atoms with Gasteiger partial charge in [-0.05, 0) is 62.9 Å². The van der Waals surface area contributed by atoms with Crippen LogP contribution < -0.4 is 10.2 Å². The molecule has 6 heteroatoms. The molecule has 1 aliphatic rings. The van der Waals surface area contributed by atoms with Crippen molar-refractivity contribution in [2.24, 2.45) is 0 Å². The maximum Gasteiger partial charge on any atom is 0.251 e. The van der Waals surface area contributed by atoms with Crippen LogP contribution in [-0.2, 0) is 4.79 Å². The number of rotatable bonds is 5. The van der Waals surface area contributed by atoms with E-state index in [1.165, 1.54) is 5.56 Å². The van der Waals surface area contributed by atoms with Crippen LogP contribution in [0, 0.1) is 13.8 Å². The number of anilines is 1. The summed E-state index contributed by atoms with van der Waals surface area (Å²) >= 11 is 0. The molecule has 32 heavy (non-hydrogen) atoms. The van der Waals surface area contributed by atoms with Gasteiger partial charge in [0.05, 0.1) is 6.04 Å². The molecule has 1 atom stereocenters. The van der Waals surface area contributed by atoms with Gasteiger partial charge < -0.3 is 10.2 Å². The lowest BCUT2D eigenvalue weighted by Crippen LogP contribution is -2.35. The highest BCUT2D eigenvalue weighted by atomic mass is 16.2. The number of carbonyl (C=O) groups is 2. The summed E-state index contributed by atoms with van der Waals surface area (Å²) in [6, 6.07) is 13.6. The van der Waals surface area contributed by atoms with Crippen molar-refractivity contribution in [1.29, 1.82) is 0 Å². The van der Waals surface area contributed by atoms with Crippen LogP contribution in [0.25, 0.3) is 11.1 Å². The van der Waals surface area contributed by atoms with Gasteiger partial charge in [-0.15, -0.1) is 0 Å². The molecule has 1 N–H and O–H groups in total. The first kappa shape index (κ1) is 21.7. The molecule has 2 heterocycles. The van der Waals surface area contributed by atoms with Crippen molar-refractivity contribution in [1.82, 2.24) is 15.3 Å². The van der Waals surface area contributed by atoms with Crippen molar-refractivity contribution in [2.75, 3.05) is 11.4 Å². The van der Waals surface area contributed by atoms with Crippen LogP contribution in [-0.4, -0.2) is 28.3 Å². The normalized spacial score (nSPS) is 14.8. The molecule has 1 aliphatic heterocycles. The highest BCUT2D eigenvalue weighted by molar-refractivity contribution is 6.00. The third-order valence-corrected chi connectivity index (χ3v) is 5.85. The number of aromatic nitrogens is 2. The Balaban J connectivity index is 1.67. The van der Waals surface area contributed by atoms with Gasteiger partial charge in [0.1, 0.15) is 5.82 Å². The van der Waals surface area contributed by atoms with Crippen LogP contribution in [0.15, 0.2) is 54.9 Å². The summed E-state index contributed by atoms with van der Waals surface area (Å²) in [5, 5.41) is 3.04. The molecule has 2 aromatic carbocycles. The average molecular weight is 429 g/mol. The van der Waals surface area contributed by atoms with Gasteiger partial charge in [0.25, 0.3) is 5.91 Å². The molecule has 0 radical (unpaired) electrons. The van der Waals surface area contributed by atoms with E-state index in [2.05, 4.69) is 15.3 Å². The van der Waals surface area contributed by atoms with E-state index >= 15 is 0 Å². The number of carbonyl (C=O) groups excluding carboxylic acids is 2. The number of piperidine rings is 1. The molecule has 2 amide bonds. The molecule has 0 bridgehead atoms. The number of hydrogen-bond acceptors (Lipinski definition) is 4. The van der Waals surface area contributed by atoms with Crippen molar-refractivity contribution in [3.8, 4) is 11.1 Å². The lowest BCUT2D eigenvalue weighted by Gasteiger charge is -2.28. The van der Waals surface area contributed by atoms with E-state index in [9.17, 15) is 9.59 Å². The minimum Gasteiger partial charge on any atom is -0.345 e. The number of nitrogens with one attached hydrogen (secondary N) is 1. The smallest absolute Gasteiger partial charge is 0.251 e. The maximum atomic E-state index is 13.2. The first-order chi connectivity index (χ1) is 15.4. The summed E-state index contributed by atoms with van der Waals surface area (Å²) in [7, 11) is 0. The Morgan fingerprint density at radius 2 is 1.72 bits per heavy atom. The summed E-state index contributed by atoms with van der Waals surface area (Å²) in [6.07, 6.45) is 5.88. The van der Waals surface area contributed by atoms with E-state index in [-0.39, 0.29) is 17.9 Å². The van der Waals surface area contributed by atoms with Gasteiger partial charge in [-0.1, -0.05) is 29.8 Å². The van der Waals surface area contributed by atoms with Gasteiger partial charge in [0, 0.05) is 42.2 Å². The molecule has 1 fully saturated rings. The van der Waals surface area contributed by atoms with Crippen molar-refractivity contribution in [2.45, 2.75) is 46.1 Å².